The number of amides is 2. The normalized spacial score (nSPS) is 12.7. The minimum atomic E-state index is -0.618. The molecule has 2 heterocycles. The fourth-order valence-electron chi connectivity index (χ4n) is 4.13. The van der Waals surface area contributed by atoms with E-state index in [4.69, 9.17) is 20.2 Å². The summed E-state index contributed by atoms with van der Waals surface area (Å²) in [5.74, 6) is 0.274. The number of ether oxygens (including phenoxy) is 2. The summed E-state index contributed by atoms with van der Waals surface area (Å²) in [7, 11) is 1.66. The maximum Gasteiger partial charge on any atom is 0.254 e. The number of benzene rings is 2. The molecular formula is C27H24N4O4S. The number of methoxy groups -OCH3 is 1. The Hall–Kier alpha value is -4.24. The second-order valence-electron chi connectivity index (χ2n) is 8.42. The molecule has 1 aliphatic carbocycles. The van der Waals surface area contributed by atoms with E-state index in [2.05, 4.69) is 10.3 Å². The molecule has 5 rings (SSSR count). The number of primary amides is 1. The molecule has 2 aromatic heterocycles. The number of pyridine rings is 1. The van der Waals surface area contributed by atoms with Crippen LogP contribution in [0.5, 0.6) is 17.4 Å². The molecule has 36 heavy (non-hydrogen) atoms. The van der Waals surface area contributed by atoms with Crippen LogP contribution in [0.15, 0.2) is 60.8 Å². The van der Waals surface area contributed by atoms with E-state index in [-0.39, 0.29) is 17.4 Å². The molecule has 0 saturated carbocycles. The van der Waals surface area contributed by atoms with Gasteiger partial charge in [-0.05, 0) is 73.4 Å². The summed E-state index contributed by atoms with van der Waals surface area (Å²) in [6, 6.07) is 16.3. The van der Waals surface area contributed by atoms with Gasteiger partial charge in [0.1, 0.15) is 17.1 Å². The van der Waals surface area contributed by atoms with E-state index in [9.17, 15) is 9.59 Å². The van der Waals surface area contributed by atoms with Gasteiger partial charge in [0.05, 0.1) is 18.7 Å². The van der Waals surface area contributed by atoms with E-state index in [0.29, 0.717) is 10.9 Å². The predicted octanol–water partition coefficient (Wildman–Crippen LogP) is 4.95. The van der Waals surface area contributed by atoms with Crippen molar-refractivity contribution in [1.29, 1.82) is 0 Å². The molecule has 4 aromatic rings. The molecule has 182 valence electrons. The Morgan fingerprint density at radius 1 is 1.08 bits per heavy atom. The van der Waals surface area contributed by atoms with Crippen molar-refractivity contribution in [2.75, 3.05) is 12.4 Å². The van der Waals surface area contributed by atoms with Gasteiger partial charge in [0.15, 0.2) is 5.13 Å². The maximum absolute atomic E-state index is 13.0. The van der Waals surface area contributed by atoms with Gasteiger partial charge in [-0.2, -0.15) is 0 Å². The van der Waals surface area contributed by atoms with Crippen LogP contribution < -0.4 is 20.5 Å². The lowest BCUT2D eigenvalue weighted by Crippen LogP contribution is -2.18. The second kappa shape index (κ2) is 9.79. The summed E-state index contributed by atoms with van der Waals surface area (Å²) >= 11 is 1.52. The Balaban J connectivity index is 1.28. The lowest BCUT2D eigenvalue weighted by Gasteiger charge is -2.15. The zero-order valence-corrected chi connectivity index (χ0v) is 20.6. The Labute approximate surface area is 212 Å². The highest BCUT2D eigenvalue weighted by Gasteiger charge is 2.23. The molecule has 3 N–H and O–H groups in total. The lowest BCUT2D eigenvalue weighted by molar-refractivity contribution is -0.117. The fourth-order valence-corrected chi connectivity index (χ4v) is 5.11. The highest BCUT2D eigenvalue weighted by Crippen LogP contribution is 2.39. The van der Waals surface area contributed by atoms with Gasteiger partial charge in [-0.1, -0.05) is 12.1 Å². The SMILES string of the molecule is COc1ccc2c(c1)CCc1sc(NC(=O)C(C)c3ccc(Oc4ncccc4C(N)=O)cc3)nc1-2. The topological polar surface area (TPSA) is 116 Å². The molecule has 1 unspecified atom stereocenters. The molecular weight excluding hydrogens is 476 g/mol. The lowest BCUT2D eigenvalue weighted by atomic mass is 9.93. The van der Waals surface area contributed by atoms with E-state index >= 15 is 0 Å². The molecule has 9 heteroatoms. The van der Waals surface area contributed by atoms with Crippen LogP contribution in [0, 0.1) is 0 Å². The van der Waals surface area contributed by atoms with E-state index in [1.54, 1.807) is 31.4 Å². The first-order valence-electron chi connectivity index (χ1n) is 11.4. The van der Waals surface area contributed by atoms with Gasteiger partial charge in [-0.25, -0.2) is 9.97 Å². The van der Waals surface area contributed by atoms with Gasteiger partial charge < -0.3 is 20.5 Å². The average molecular weight is 501 g/mol. The Morgan fingerprint density at radius 3 is 2.61 bits per heavy atom. The Kier molecular flexibility index (Phi) is 6.39. The highest BCUT2D eigenvalue weighted by molar-refractivity contribution is 7.16. The first-order valence-corrected chi connectivity index (χ1v) is 12.2. The minimum absolute atomic E-state index is 0.135. The molecule has 8 nitrogen and oxygen atoms in total. The average Bonchev–Trinajstić information content (AvgIpc) is 3.31. The molecule has 2 aromatic carbocycles. The first-order chi connectivity index (χ1) is 17.4. The maximum atomic E-state index is 13.0. The fraction of sp³-hybridized carbons (Fsp3) is 0.185. The summed E-state index contributed by atoms with van der Waals surface area (Å²) in [4.78, 5) is 34.6. The van der Waals surface area contributed by atoms with Gasteiger partial charge >= 0.3 is 0 Å². The van der Waals surface area contributed by atoms with Gasteiger partial charge in [-0.15, -0.1) is 11.3 Å². The quantitative estimate of drug-likeness (QED) is 0.371. The van der Waals surface area contributed by atoms with E-state index in [1.807, 2.05) is 37.3 Å². The zero-order valence-electron chi connectivity index (χ0n) is 19.8. The number of rotatable bonds is 7. The van der Waals surface area contributed by atoms with Crippen molar-refractivity contribution in [2.45, 2.75) is 25.7 Å². The molecule has 0 radical (unpaired) electrons. The number of nitrogens with one attached hydrogen (secondary N) is 1. The van der Waals surface area contributed by atoms with Crippen LogP contribution in [-0.2, 0) is 17.6 Å². The summed E-state index contributed by atoms with van der Waals surface area (Å²) in [6.07, 6.45) is 3.32. The number of nitrogens with two attached hydrogens (primary N) is 1. The van der Waals surface area contributed by atoms with Crippen LogP contribution in [0.25, 0.3) is 11.3 Å². The zero-order chi connectivity index (χ0) is 25.2. The van der Waals surface area contributed by atoms with Crippen LogP contribution in [0.1, 0.15) is 39.2 Å². The largest absolute Gasteiger partial charge is 0.497 e. The molecule has 0 aliphatic heterocycles. The van der Waals surface area contributed by atoms with Gasteiger partial charge in [-0.3, -0.25) is 9.59 Å². The van der Waals surface area contributed by atoms with E-state index in [1.165, 1.54) is 28.0 Å². The summed E-state index contributed by atoms with van der Waals surface area (Å²) in [5, 5.41) is 3.57. The number of carbonyl (C=O) groups excluding carboxylic acids is 2. The number of aromatic nitrogens is 2. The predicted molar refractivity (Wildman–Crippen MR) is 138 cm³/mol. The van der Waals surface area contributed by atoms with Crippen molar-refractivity contribution >= 4 is 28.3 Å². The number of carbonyl (C=O) groups is 2. The number of thiazole rings is 1. The molecule has 1 aliphatic rings. The summed E-state index contributed by atoms with van der Waals surface area (Å²) in [5.41, 5.74) is 9.61. The number of hydrogen-bond donors (Lipinski definition) is 2. The van der Waals surface area contributed by atoms with Crippen molar-refractivity contribution in [3.8, 4) is 28.6 Å². The van der Waals surface area contributed by atoms with E-state index < -0.39 is 11.8 Å². The second-order valence-corrected chi connectivity index (χ2v) is 9.50. The van der Waals surface area contributed by atoms with Crippen LogP contribution in [0.4, 0.5) is 5.13 Å². The molecule has 0 spiro atoms. The van der Waals surface area contributed by atoms with Gasteiger partial charge in [0.2, 0.25) is 11.8 Å². The monoisotopic (exact) mass is 500 g/mol. The molecule has 1 atom stereocenters. The van der Waals surface area contributed by atoms with Gasteiger partial charge in [0, 0.05) is 16.6 Å². The van der Waals surface area contributed by atoms with Crippen molar-refractivity contribution in [2.24, 2.45) is 5.73 Å². The molecule has 0 bridgehead atoms. The van der Waals surface area contributed by atoms with E-state index in [0.717, 1.165) is 35.4 Å². The van der Waals surface area contributed by atoms with Crippen LogP contribution in [-0.4, -0.2) is 28.9 Å². The molecule has 0 fully saturated rings. The third kappa shape index (κ3) is 4.65. The Morgan fingerprint density at radius 2 is 1.86 bits per heavy atom. The highest BCUT2D eigenvalue weighted by atomic mass is 32.1. The summed E-state index contributed by atoms with van der Waals surface area (Å²) < 4.78 is 11.1. The number of nitrogens with zero attached hydrogens (tertiary/aromatic N) is 2. The van der Waals surface area contributed by atoms with Crippen LogP contribution >= 0.6 is 11.3 Å². The third-order valence-electron chi connectivity index (χ3n) is 6.14. The smallest absolute Gasteiger partial charge is 0.254 e. The van der Waals surface area contributed by atoms with Crippen LogP contribution in [0.3, 0.4) is 0 Å². The number of fused-ring (bicyclic) bond motifs is 3. The molecule has 2 amide bonds. The number of aryl methyl sites for hydroxylation is 2. The first kappa shape index (κ1) is 23.5. The van der Waals surface area contributed by atoms with Crippen molar-refractivity contribution in [3.05, 3.63) is 82.4 Å². The van der Waals surface area contributed by atoms with Crippen molar-refractivity contribution in [3.63, 3.8) is 0 Å². The number of anilines is 1. The molecule has 0 saturated heterocycles. The number of hydrogen-bond acceptors (Lipinski definition) is 7. The van der Waals surface area contributed by atoms with Crippen molar-refractivity contribution < 1.29 is 19.1 Å². The minimum Gasteiger partial charge on any atom is -0.497 e. The van der Waals surface area contributed by atoms with Gasteiger partial charge in [0.25, 0.3) is 5.91 Å². The third-order valence-corrected chi connectivity index (χ3v) is 7.17. The van der Waals surface area contributed by atoms with Crippen molar-refractivity contribution in [1.82, 2.24) is 9.97 Å². The standard InChI is InChI=1S/C27H24N4O4S/c1-15(16-5-8-18(9-6-16)35-26-21(24(28)32)4-3-13-29-26)25(33)31-27-30-23-20-11-10-19(34-2)14-17(20)7-12-22(23)36-27/h3-6,8-11,13-15H,7,12H2,1-2H3,(H2,28,32)(H,30,31,33). The van der Waals surface area contributed by atoms with Crippen LogP contribution in [0.2, 0.25) is 0 Å². The Bertz CT molecular complexity index is 1450. The summed E-state index contributed by atoms with van der Waals surface area (Å²) in [6.45, 7) is 1.84.